The first-order valence-electron chi connectivity index (χ1n) is 21.7. The fourth-order valence-corrected chi connectivity index (χ4v) is 11.7. The fourth-order valence-electron chi connectivity index (χ4n) is 8.16. The van der Waals surface area contributed by atoms with E-state index in [-0.39, 0.29) is 10.9 Å². The van der Waals surface area contributed by atoms with Crippen molar-refractivity contribution in [1.82, 2.24) is 0 Å². The summed E-state index contributed by atoms with van der Waals surface area (Å²) in [4.78, 5) is 3.71. The average molecular weight is 1190 g/mol. The predicted molar refractivity (Wildman–Crippen MR) is 259 cm³/mol. The van der Waals surface area contributed by atoms with Gasteiger partial charge in [-0.2, -0.15) is 0 Å². The van der Waals surface area contributed by atoms with Crippen molar-refractivity contribution >= 4 is 85.3 Å². The van der Waals surface area contributed by atoms with E-state index >= 15 is 17.6 Å². The van der Waals surface area contributed by atoms with Crippen LogP contribution in [0.4, 0.5) is 70.2 Å². The third-order valence-corrected chi connectivity index (χ3v) is 15.2. The van der Waals surface area contributed by atoms with Crippen LogP contribution in [0.2, 0.25) is 20.1 Å². The molecule has 25 heteroatoms. The number of benzene rings is 8. The summed E-state index contributed by atoms with van der Waals surface area (Å²) in [6.45, 7) is 2.05. The van der Waals surface area contributed by atoms with E-state index in [9.17, 15) is 52.7 Å². The van der Waals surface area contributed by atoms with Crippen LogP contribution < -0.4 is 31.3 Å². The lowest BCUT2D eigenvalue weighted by Crippen LogP contribution is -2.79. The van der Waals surface area contributed by atoms with Gasteiger partial charge >= 0.3 is 0 Å². The molecule has 8 aromatic rings. The van der Waals surface area contributed by atoms with Gasteiger partial charge in [0.2, 0.25) is 4.90 Å². The first kappa shape index (κ1) is 58.5. The number of ether oxygens (including phenoxy) is 3. The summed E-state index contributed by atoms with van der Waals surface area (Å²) in [6, 6.07) is 39.3. The van der Waals surface area contributed by atoms with Crippen molar-refractivity contribution in [2.24, 2.45) is 0 Å². The Morgan fingerprint density at radius 1 is 0.312 bits per heavy atom. The molecule has 0 aromatic heterocycles. The van der Waals surface area contributed by atoms with Crippen LogP contribution in [0.25, 0.3) is 0 Å². The predicted octanol–water partition coefficient (Wildman–Crippen LogP) is 14.2. The zero-order valence-electron chi connectivity index (χ0n) is 38.1. The monoisotopic (exact) mass is 1190 g/mol. The Labute approximate surface area is 448 Å². The summed E-state index contributed by atoms with van der Waals surface area (Å²) in [7, 11) is -0.243. The van der Waals surface area contributed by atoms with E-state index in [1.165, 1.54) is 14.7 Å². The Balaban J connectivity index is 0.000000236. The second kappa shape index (κ2) is 24.6. The van der Waals surface area contributed by atoms with Crippen molar-refractivity contribution < 1.29 is 84.5 Å². The van der Waals surface area contributed by atoms with E-state index in [4.69, 9.17) is 60.6 Å². The van der Waals surface area contributed by atoms with Crippen molar-refractivity contribution in [3.8, 4) is 11.5 Å². The van der Waals surface area contributed by atoms with E-state index < -0.39 is 141 Å². The normalized spacial score (nSPS) is 11.5. The zero-order chi connectivity index (χ0) is 56.2. The molecule has 8 rings (SSSR count). The van der Waals surface area contributed by atoms with Gasteiger partial charge in [-0.3, -0.25) is 0 Å². The molecule has 0 aliphatic rings. The number of para-hydroxylation sites is 2. The van der Waals surface area contributed by atoms with Gasteiger partial charge in [0.15, 0.2) is 85.3 Å². The first-order valence-corrected chi connectivity index (χ1v) is 24.4. The van der Waals surface area contributed by atoms with Crippen LogP contribution >= 0.6 is 46.4 Å². The van der Waals surface area contributed by atoms with Crippen molar-refractivity contribution in [1.29, 1.82) is 0 Å². The molecular weight excluding hydrogens is 1160 g/mol. The summed E-state index contributed by atoms with van der Waals surface area (Å²) in [5.74, 6) is -46.6. The van der Waals surface area contributed by atoms with Crippen LogP contribution in [-0.2, 0) is 15.6 Å². The molecule has 0 aliphatic heterocycles. The van der Waals surface area contributed by atoms with Crippen LogP contribution in [-0.4, -0.2) is 32.6 Å². The van der Waals surface area contributed by atoms with Crippen LogP contribution in [0, 0.1) is 93.1 Å². The maximum Gasteiger partial charge on any atom is 0.208 e. The van der Waals surface area contributed by atoms with Crippen LogP contribution in [0.3, 0.4) is 0 Å². The summed E-state index contributed by atoms with van der Waals surface area (Å²) < 4.78 is 256. The molecule has 0 unspecified atom stereocenters. The molecule has 0 saturated heterocycles. The molecule has 0 atom stereocenters. The molecule has 0 heterocycles. The molecule has 0 fully saturated rings. The highest BCUT2D eigenvalue weighted by Gasteiger charge is 2.51. The summed E-state index contributed by atoms with van der Waals surface area (Å²) in [6.07, 6.45) is -6.24. The molecule has 0 N–H and O–H groups in total. The smallest absolute Gasteiger partial charge is 0.208 e. The molecule has 0 aliphatic carbocycles. The molecule has 3 nitrogen and oxygen atoms in total. The SMILES string of the molecule is Fc1c(F)c(F)c([B-](c2c(F)c(F)c(F)c(F)c2Cl)(c2c(F)c(F)c(F)c(F)c2Cl)c2c(F)c(F)c(F)c(F)c2Cl)c(Cl)c1F.c1ccc(OCCOCCOc2ccccc2[S+](c2ccccc2)c2ccccc2)cc1. The van der Waals surface area contributed by atoms with Crippen molar-refractivity contribution in [2.75, 3.05) is 26.4 Å². The highest BCUT2D eigenvalue weighted by molar-refractivity contribution is 7.97. The number of halogens is 20. The third-order valence-electron chi connectivity index (χ3n) is 11.5. The molecule has 402 valence electrons. The second-order valence-corrected chi connectivity index (χ2v) is 19.3. The fraction of sp³-hybridized carbons (Fsp3) is 0.0769. The quantitative estimate of drug-likeness (QED) is 0.0256. The topological polar surface area (TPSA) is 27.7 Å². The lowest BCUT2D eigenvalue weighted by molar-refractivity contribution is 0.0757. The number of rotatable bonds is 15. The maximum absolute atomic E-state index is 15.8. The summed E-state index contributed by atoms with van der Waals surface area (Å²) in [5, 5.41) is -9.69. The molecule has 0 amide bonds. The Bertz CT molecular complexity index is 3060. The van der Waals surface area contributed by atoms with Crippen LogP contribution in [0.5, 0.6) is 11.5 Å². The van der Waals surface area contributed by atoms with Gasteiger partial charge in [-0.25, -0.2) is 70.2 Å². The third kappa shape index (κ3) is 11.0. The lowest BCUT2D eigenvalue weighted by Gasteiger charge is -2.46. The van der Waals surface area contributed by atoms with E-state index in [1.54, 1.807) is 0 Å². The van der Waals surface area contributed by atoms with Crippen molar-refractivity contribution in [3.63, 3.8) is 0 Å². The van der Waals surface area contributed by atoms with Gasteiger partial charge in [0.25, 0.3) is 0 Å². The van der Waals surface area contributed by atoms with E-state index in [2.05, 4.69) is 72.8 Å². The van der Waals surface area contributed by atoms with Gasteiger partial charge in [0.05, 0.1) is 13.2 Å². The minimum absolute atomic E-state index is 0.243. The molecule has 0 bridgehead atoms. The van der Waals surface area contributed by atoms with E-state index in [0.29, 0.717) is 26.4 Å². The highest BCUT2D eigenvalue weighted by atomic mass is 35.5. The van der Waals surface area contributed by atoms with Gasteiger partial charge in [-0.05, 0) is 48.5 Å². The zero-order valence-corrected chi connectivity index (χ0v) is 41.9. The van der Waals surface area contributed by atoms with Gasteiger partial charge in [-0.15, -0.1) is 21.9 Å². The summed E-state index contributed by atoms with van der Waals surface area (Å²) >= 11 is 22.3. The van der Waals surface area contributed by atoms with Crippen molar-refractivity contribution in [2.45, 2.75) is 14.7 Å². The average Bonchev–Trinajstić information content (AvgIpc) is 3.61. The lowest BCUT2D eigenvalue weighted by atomic mass is 9.12. The standard InChI is InChI=1S/C28H27O3S.C24BCl4F16/c1-4-12-24(13-5-1)30-22-20-29-21-23-31-27-18-10-11-19-28(27)32(25-14-6-2-7-15-25)26-16-8-3-9-17-26;26-5-1(9(30)17(38)21(42)13(5)34)25(2-6(27)14(35)22(43)18(39)10(2)31,3-7(28)15(36)23(44)19(40)11(3)32)4-8(29)16(37)24(45)20(41)12(4)33/h1-19H,20-23H2;/q+1;-1. The van der Waals surface area contributed by atoms with Crippen LogP contribution in [0.15, 0.2) is 130 Å². The molecule has 77 heavy (non-hydrogen) atoms. The molecule has 0 spiro atoms. The largest absolute Gasteiger partial charge is 0.491 e. The highest BCUT2D eigenvalue weighted by Crippen LogP contribution is 2.38. The molecular formula is C52H27BCl4F16O3S. The minimum Gasteiger partial charge on any atom is -0.491 e. The van der Waals surface area contributed by atoms with Crippen molar-refractivity contribution in [3.05, 3.63) is 228 Å². The molecule has 0 saturated carbocycles. The van der Waals surface area contributed by atoms with Gasteiger partial charge < -0.3 is 14.2 Å². The Morgan fingerprint density at radius 2 is 0.597 bits per heavy atom. The minimum atomic E-state index is -6.24. The van der Waals surface area contributed by atoms with E-state index in [0.717, 1.165) is 11.5 Å². The van der Waals surface area contributed by atoms with Gasteiger partial charge in [0.1, 0.15) is 59.3 Å². The van der Waals surface area contributed by atoms with Gasteiger partial charge in [-0.1, -0.05) is 113 Å². The molecule has 0 radical (unpaired) electrons. The number of hydrogen-bond donors (Lipinski definition) is 0. The Hall–Kier alpha value is -6.23. The first-order chi connectivity index (χ1) is 36.6. The maximum atomic E-state index is 15.8. The second-order valence-electron chi connectivity index (χ2n) is 15.8. The Morgan fingerprint density at radius 3 is 0.948 bits per heavy atom. The Kier molecular flexibility index (Phi) is 18.7. The summed E-state index contributed by atoms with van der Waals surface area (Å²) in [5.41, 5.74) is -10.7. The van der Waals surface area contributed by atoms with Gasteiger partial charge in [0, 0.05) is 20.1 Å². The molecule has 8 aromatic carbocycles. The number of hydrogen-bond acceptors (Lipinski definition) is 3. The van der Waals surface area contributed by atoms with Crippen LogP contribution in [0.1, 0.15) is 0 Å². The van der Waals surface area contributed by atoms with E-state index in [1.807, 2.05) is 42.5 Å².